The van der Waals surface area contributed by atoms with Gasteiger partial charge in [-0.3, -0.25) is 4.98 Å². The van der Waals surface area contributed by atoms with E-state index in [1.54, 1.807) is 6.20 Å². The van der Waals surface area contributed by atoms with Crippen LogP contribution in [0.2, 0.25) is 0 Å². The van der Waals surface area contributed by atoms with E-state index < -0.39 is 0 Å². The average Bonchev–Trinajstić information content (AvgIpc) is 2.11. The van der Waals surface area contributed by atoms with Gasteiger partial charge in [0.2, 0.25) is 0 Å². The van der Waals surface area contributed by atoms with Crippen LogP contribution in [0.15, 0.2) is 24.5 Å². The van der Waals surface area contributed by atoms with Crippen molar-refractivity contribution in [2.75, 3.05) is 0 Å². The Bertz CT molecular complexity index is 158. The Morgan fingerprint density at radius 1 is 1.36 bits per heavy atom. The molecule has 0 saturated carbocycles. The highest BCUT2D eigenvalue weighted by atomic mass is 14.6. The number of pyridine rings is 1. The predicted octanol–water partition coefficient (Wildman–Crippen LogP) is 3.06. The van der Waals surface area contributed by atoms with Crippen LogP contribution >= 0.6 is 0 Å². The maximum atomic E-state index is 4.00. The zero-order valence-electron chi connectivity index (χ0n) is 7.67. The smallest absolute Gasteiger partial charge is 0.0299 e. The highest BCUT2D eigenvalue weighted by molar-refractivity contribution is 5.07. The lowest BCUT2D eigenvalue weighted by Crippen LogP contribution is -1.81. The van der Waals surface area contributed by atoms with Crippen molar-refractivity contribution < 1.29 is 0 Å². The molecule has 1 aromatic heterocycles. The second-order valence-corrected chi connectivity index (χ2v) is 2.11. The van der Waals surface area contributed by atoms with Crippen LogP contribution in [0.25, 0.3) is 0 Å². The Kier molecular flexibility index (Phi) is 6.70. The molecule has 1 nitrogen and oxygen atoms in total. The van der Waals surface area contributed by atoms with Gasteiger partial charge < -0.3 is 0 Å². The Hall–Kier alpha value is -0.850. The van der Waals surface area contributed by atoms with E-state index in [-0.39, 0.29) is 0 Å². The molecule has 0 unspecified atom stereocenters. The van der Waals surface area contributed by atoms with Crippen molar-refractivity contribution in [3.63, 3.8) is 0 Å². The van der Waals surface area contributed by atoms with Gasteiger partial charge in [0, 0.05) is 12.4 Å². The minimum absolute atomic E-state index is 1.15. The van der Waals surface area contributed by atoms with Crippen LogP contribution in [-0.4, -0.2) is 4.98 Å². The van der Waals surface area contributed by atoms with Crippen LogP contribution in [0.5, 0.6) is 0 Å². The molecule has 0 amide bonds. The van der Waals surface area contributed by atoms with Gasteiger partial charge in [-0.2, -0.15) is 0 Å². The Balaban J connectivity index is 0.000000461. The van der Waals surface area contributed by atoms with E-state index in [9.17, 15) is 0 Å². The van der Waals surface area contributed by atoms with Crippen molar-refractivity contribution in [2.24, 2.45) is 0 Å². The minimum atomic E-state index is 1.15. The van der Waals surface area contributed by atoms with Crippen LogP contribution < -0.4 is 0 Å². The van der Waals surface area contributed by atoms with Crippen molar-refractivity contribution in [3.05, 3.63) is 30.1 Å². The molecule has 11 heavy (non-hydrogen) atoms. The topological polar surface area (TPSA) is 12.9 Å². The van der Waals surface area contributed by atoms with E-state index >= 15 is 0 Å². The molecule has 0 saturated heterocycles. The first-order valence-corrected chi connectivity index (χ1v) is 4.32. The van der Waals surface area contributed by atoms with Gasteiger partial charge in [0.15, 0.2) is 0 Å². The van der Waals surface area contributed by atoms with Gasteiger partial charge in [0.25, 0.3) is 0 Å². The van der Waals surface area contributed by atoms with Gasteiger partial charge in [-0.15, -0.1) is 0 Å². The number of nitrogens with zero attached hydrogens (tertiary/aromatic N) is 1. The lowest BCUT2D eigenvalue weighted by atomic mass is 10.2. The first kappa shape index (κ1) is 10.2. The number of aromatic nitrogens is 1. The van der Waals surface area contributed by atoms with E-state index in [1.807, 2.05) is 26.1 Å². The molecule has 0 aliphatic heterocycles. The molecule has 62 valence electrons. The van der Waals surface area contributed by atoms with Crippen molar-refractivity contribution in [1.82, 2.24) is 4.98 Å². The quantitative estimate of drug-likeness (QED) is 0.633. The molecule has 0 aliphatic carbocycles. The first-order chi connectivity index (χ1) is 5.43. The fraction of sp³-hybridized carbons (Fsp3) is 0.500. The summed E-state index contributed by atoms with van der Waals surface area (Å²) >= 11 is 0. The lowest BCUT2D eigenvalue weighted by Gasteiger charge is -1.92. The summed E-state index contributed by atoms with van der Waals surface area (Å²) in [5.74, 6) is 0. The summed E-state index contributed by atoms with van der Waals surface area (Å²) in [5.41, 5.74) is 1.33. The standard InChI is InChI=1S/C8H11N.C2H6/c1-2-4-8-5-3-6-9-7-8;1-2/h3,5-7H,2,4H2,1H3;1-2H3. The van der Waals surface area contributed by atoms with E-state index in [2.05, 4.69) is 18.0 Å². The van der Waals surface area contributed by atoms with Crippen molar-refractivity contribution in [1.29, 1.82) is 0 Å². The SMILES string of the molecule is CC.CCCc1cccnc1. The summed E-state index contributed by atoms with van der Waals surface area (Å²) < 4.78 is 0. The number of hydrogen-bond donors (Lipinski definition) is 0. The largest absolute Gasteiger partial charge is 0.264 e. The summed E-state index contributed by atoms with van der Waals surface area (Å²) in [4.78, 5) is 4.00. The second-order valence-electron chi connectivity index (χ2n) is 2.11. The van der Waals surface area contributed by atoms with Gasteiger partial charge >= 0.3 is 0 Å². The molecule has 1 heteroatoms. The molecule has 0 aromatic carbocycles. The zero-order valence-corrected chi connectivity index (χ0v) is 7.67. The molecule has 0 atom stereocenters. The van der Waals surface area contributed by atoms with Gasteiger partial charge in [0.1, 0.15) is 0 Å². The van der Waals surface area contributed by atoms with Crippen LogP contribution in [0.3, 0.4) is 0 Å². The number of hydrogen-bond acceptors (Lipinski definition) is 1. The Morgan fingerprint density at radius 2 is 2.09 bits per heavy atom. The maximum Gasteiger partial charge on any atom is 0.0299 e. The monoisotopic (exact) mass is 151 g/mol. The normalized spacial score (nSPS) is 8.27. The maximum absolute atomic E-state index is 4.00. The van der Waals surface area contributed by atoms with E-state index in [4.69, 9.17) is 0 Å². The highest BCUT2D eigenvalue weighted by Crippen LogP contribution is 1.98. The minimum Gasteiger partial charge on any atom is -0.264 e. The highest BCUT2D eigenvalue weighted by Gasteiger charge is 1.85. The van der Waals surface area contributed by atoms with Crippen molar-refractivity contribution >= 4 is 0 Å². The Labute approximate surface area is 69.5 Å². The molecule has 0 spiro atoms. The zero-order chi connectivity index (χ0) is 8.53. The molecule has 1 aromatic rings. The van der Waals surface area contributed by atoms with Crippen LogP contribution in [0.4, 0.5) is 0 Å². The van der Waals surface area contributed by atoms with E-state index in [0.717, 1.165) is 6.42 Å². The molecule has 1 heterocycles. The fourth-order valence-electron chi connectivity index (χ4n) is 0.835. The van der Waals surface area contributed by atoms with E-state index in [1.165, 1.54) is 12.0 Å². The predicted molar refractivity (Wildman–Crippen MR) is 49.6 cm³/mol. The molecule has 0 N–H and O–H groups in total. The van der Waals surface area contributed by atoms with Crippen molar-refractivity contribution in [2.45, 2.75) is 33.6 Å². The molecule has 0 aliphatic rings. The summed E-state index contributed by atoms with van der Waals surface area (Å²) in [6, 6.07) is 4.08. The molecule has 1 rings (SSSR count). The van der Waals surface area contributed by atoms with Crippen molar-refractivity contribution in [3.8, 4) is 0 Å². The number of aryl methyl sites for hydroxylation is 1. The molecule has 0 fully saturated rings. The van der Waals surface area contributed by atoms with Gasteiger partial charge in [0.05, 0.1) is 0 Å². The molecule has 0 bridgehead atoms. The third-order valence-electron chi connectivity index (χ3n) is 1.26. The first-order valence-electron chi connectivity index (χ1n) is 4.32. The summed E-state index contributed by atoms with van der Waals surface area (Å²) in [6.45, 7) is 6.17. The van der Waals surface area contributed by atoms with Crippen LogP contribution in [0, 0.1) is 0 Å². The lowest BCUT2D eigenvalue weighted by molar-refractivity contribution is 0.914. The third-order valence-corrected chi connectivity index (χ3v) is 1.26. The summed E-state index contributed by atoms with van der Waals surface area (Å²) in [5, 5.41) is 0. The van der Waals surface area contributed by atoms with Crippen LogP contribution in [0.1, 0.15) is 32.8 Å². The van der Waals surface area contributed by atoms with Gasteiger partial charge in [-0.25, -0.2) is 0 Å². The van der Waals surface area contributed by atoms with Gasteiger partial charge in [-0.05, 0) is 18.1 Å². The fourth-order valence-corrected chi connectivity index (χ4v) is 0.835. The average molecular weight is 151 g/mol. The molecular formula is C10H17N. The summed E-state index contributed by atoms with van der Waals surface area (Å²) in [6.07, 6.45) is 6.07. The van der Waals surface area contributed by atoms with Gasteiger partial charge in [-0.1, -0.05) is 33.3 Å². The van der Waals surface area contributed by atoms with Crippen LogP contribution in [-0.2, 0) is 6.42 Å². The summed E-state index contributed by atoms with van der Waals surface area (Å²) in [7, 11) is 0. The number of rotatable bonds is 2. The molecule has 0 radical (unpaired) electrons. The van der Waals surface area contributed by atoms with E-state index in [0.29, 0.717) is 0 Å². The molecular weight excluding hydrogens is 134 g/mol. The third kappa shape index (κ3) is 4.54. The Morgan fingerprint density at radius 3 is 2.55 bits per heavy atom. The second kappa shape index (κ2) is 7.26.